The number of hydrogen-bond donors (Lipinski definition) is 0. The number of amides is 1. The van der Waals surface area contributed by atoms with Crippen molar-refractivity contribution in [2.45, 2.75) is 0 Å². The fourth-order valence-corrected chi connectivity index (χ4v) is 4.12. The van der Waals surface area contributed by atoms with Gasteiger partial charge in [0.15, 0.2) is 0 Å². The van der Waals surface area contributed by atoms with E-state index in [9.17, 15) is 4.79 Å². The number of ether oxygens (including phenoxy) is 1. The average molecular weight is 501 g/mol. The van der Waals surface area contributed by atoms with E-state index < -0.39 is 0 Å². The van der Waals surface area contributed by atoms with E-state index >= 15 is 0 Å². The lowest BCUT2D eigenvalue weighted by atomic mass is 10.1. The Morgan fingerprint density at radius 2 is 1.73 bits per heavy atom. The van der Waals surface area contributed by atoms with Crippen LogP contribution in [0.2, 0.25) is 10.0 Å². The van der Waals surface area contributed by atoms with E-state index in [4.69, 9.17) is 27.9 Å². The van der Waals surface area contributed by atoms with E-state index in [1.165, 1.54) is 0 Å². The molecule has 0 unspecified atom stereocenters. The van der Waals surface area contributed by atoms with Gasteiger partial charge in [0.2, 0.25) is 0 Å². The first kappa shape index (κ1) is 20.7. The lowest BCUT2D eigenvalue weighted by molar-refractivity contribution is -0.113. The highest BCUT2D eigenvalue weighted by atomic mass is 79.9. The van der Waals surface area contributed by atoms with Gasteiger partial charge in [-0.15, -0.1) is 0 Å². The van der Waals surface area contributed by atoms with Gasteiger partial charge in [0.05, 0.1) is 33.0 Å². The topological polar surface area (TPSA) is 29.5 Å². The maximum Gasteiger partial charge on any atom is 0.262 e. The monoisotopic (exact) mass is 499 g/mol. The summed E-state index contributed by atoms with van der Waals surface area (Å²) >= 11 is 15.8. The highest BCUT2D eigenvalue weighted by Crippen LogP contribution is 2.38. The quantitative estimate of drug-likeness (QED) is 0.353. The van der Waals surface area contributed by atoms with E-state index in [0.717, 1.165) is 27.0 Å². The third-order valence-corrected chi connectivity index (χ3v) is 6.07. The summed E-state index contributed by atoms with van der Waals surface area (Å²) < 4.78 is 6.10. The van der Waals surface area contributed by atoms with Gasteiger partial charge in [-0.05, 0) is 69.5 Å². The van der Waals surface area contributed by atoms with Crippen LogP contribution in [0.3, 0.4) is 0 Å². The van der Waals surface area contributed by atoms with Gasteiger partial charge in [0, 0.05) is 5.57 Å². The summed E-state index contributed by atoms with van der Waals surface area (Å²) in [6.45, 7) is 0. The molecule has 0 saturated heterocycles. The molecule has 30 heavy (non-hydrogen) atoms. The molecule has 4 rings (SSSR count). The fourth-order valence-electron chi connectivity index (χ4n) is 3.27. The van der Waals surface area contributed by atoms with Crippen molar-refractivity contribution in [2.24, 2.45) is 0 Å². The Morgan fingerprint density at radius 3 is 2.40 bits per heavy atom. The number of rotatable bonds is 4. The average Bonchev–Trinajstić information content (AvgIpc) is 3.07. The molecule has 1 aliphatic rings. The lowest BCUT2D eigenvalue weighted by Gasteiger charge is -2.21. The predicted molar refractivity (Wildman–Crippen MR) is 127 cm³/mol. The normalized spacial score (nSPS) is 14.9. The molecule has 0 radical (unpaired) electrons. The Labute approximate surface area is 193 Å². The number of carbonyl (C=O) groups excluding carboxylic acids is 1. The minimum absolute atomic E-state index is 0.140. The molecule has 1 amide bonds. The molecule has 3 aromatic rings. The molecule has 0 N–H and O–H groups in total. The second kappa shape index (κ2) is 8.68. The van der Waals surface area contributed by atoms with E-state index in [1.54, 1.807) is 30.2 Å². The SMILES string of the molecule is COc1ccc(/C=C2/C=C(c3ccccc3)N(c3ccc(Cl)c(Cl)c3)C2=O)cc1Br. The highest BCUT2D eigenvalue weighted by Gasteiger charge is 2.30. The zero-order chi connectivity index (χ0) is 21.3. The van der Waals surface area contributed by atoms with Crippen LogP contribution in [0.15, 0.2) is 82.9 Å². The first-order valence-electron chi connectivity index (χ1n) is 9.10. The molecular formula is C24H16BrCl2NO2. The second-order valence-corrected chi connectivity index (χ2v) is 8.30. The van der Waals surface area contributed by atoms with Gasteiger partial charge >= 0.3 is 0 Å². The largest absolute Gasteiger partial charge is 0.496 e. The van der Waals surface area contributed by atoms with Crippen molar-refractivity contribution in [3.63, 3.8) is 0 Å². The van der Waals surface area contributed by atoms with Crippen LogP contribution in [-0.2, 0) is 4.79 Å². The number of benzene rings is 3. The third kappa shape index (κ3) is 4.04. The molecule has 3 nitrogen and oxygen atoms in total. The van der Waals surface area contributed by atoms with Crippen LogP contribution in [0.1, 0.15) is 11.1 Å². The fraction of sp³-hybridized carbons (Fsp3) is 0.0417. The van der Waals surface area contributed by atoms with Crippen molar-refractivity contribution in [1.29, 1.82) is 0 Å². The van der Waals surface area contributed by atoms with Crippen LogP contribution >= 0.6 is 39.1 Å². The van der Waals surface area contributed by atoms with Gasteiger partial charge < -0.3 is 4.74 Å². The molecule has 3 aromatic carbocycles. The van der Waals surface area contributed by atoms with Crippen LogP contribution in [0.4, 0.5) is 5.69 Å². The smallest absolute Gasteiger partial charge is 0.262 e. The molecule has 150 valence electrons. The zero-order valence-electron chi connectivity index (χ0n) is 15.9. The summed E-state index contributed by atoms with van der Waals surface area (Å²) in [5.74, 6) is 0.590. The lowest BCUT2D eigenvalue weighted by Crippen LogP contribution is -2.24. The van der Waals surface area contributed by atoms with Crippen molar-refractivity contribution in [3.8, 4) is 5.75 Å². The molecule has 0 spiro atoms. The van der Waals surface area contributed by atoms with E-state index in [0.29, 0.717) is 21.3 Å². The molecular weight excluding hydrogens is 485 g/mol. The van der Waals surface area contributed by atoms with Crippen molar-refractivity contribution in [1.82, 2.24) is 0 Å². The summed E-state index contributed by atoms with van der Waals surface area (Å²) in [6, 6.07) is 20.6. The Hall–Kier alpha value is -2.53. The van der Waals surface area contributed by atoms with Crippen molar-refractivity contribution in [3.05, 3.63) is 104 Å². The molecule has 0 atom stereocenters. The first-order valence-corrected chi connectivity index (χ1v) is 10.6. The van der Waals surface area contributed by atoms with Crippen molar-refractivity contribution in [2.75, 3.05) is 12.0 Å². The maximum atomic E-state index is 13.4. The van der Waals surface area contributed by atoms with Crippen LogP contribution in [0, 0.1) is 0 Å². The number of anilines is 1. The van der Waals surface area contributed by atoms with Gasteiger partial charge in [0.1, 0.15) is 5.75 Å². The molecule has 0 fully saturated rings. The zero-order valence-corrected chi connectivity index (χ0v) is 19.0. The maximum absolute atomic E-state index is 13.4. The number of hydrogen-bond acceptors (Lipinski definition) is 2. The second-order valence-electron chi connectivity index (χ2n) is 6.63. The number of halogens is 3. The van der Waals surface area contributed by atoms with Crippen LogP contribution in [-0.4, -0.2) is 13.0 Å². The Bertz CT molecular complexity index is 1190. The van der Waals surface area contributed by atoms with Gasteiger partial charge in [-0.2, -0.15) is 0 Å². The minimum Gasteiger partial charge on any atom is -0.496 e. The van der Waals surface area contributed by atoms with E-state index in [-0.39, 0.29) is 5.91 Å². The van der Waals surface area contributed by atoms with E-state index in [2.05, 4.69) is 15.9 Å². The van der Waals surface area contributed by atoms with Gasteiger partial charge in [-0.25, -0.2) is 0 Å². The van der Waals surface area contributed by atoms with Gasteiger partial charge in [-0.3, -0.25) is 9.69 Å². The Morgan fingerprint density at radius 1 is 0.967 bits per heavy atom. The van der Waals surface area contributed by atoms with Crippen LogP contribution in [0.25, 0.3) is 11.8 Å². The van der Waals surface area contributed by atoms with Crippen LogP contribution < -0.4 is 9.64 Å². The molecule has 0 aliphatic carbocycles. The summed E-state index contributed by atoms with van der Waals surface area (Å²) in [4.78, 5) is 15.0. The van der Waals surface area contributed by atoms with E-state index in [1.807, 2.05) is 60.7 Å². The van der Waals surface area contributed by atoms with Crippen molar-refractivity contribution < 1.29 is 9.53 Å². The Balaban J connectivity index is 1.81. The molecule has 0 aromatic heterocycles. The van der Waals surface area contributed by atoms with Crippen molar-refractivity contribution >= 4 is 62.5 Å². The molecule has 1 aliphatic heterocycles. The summed E-state index contributed by atoms with van der Waals surface area (Å²) in [5, 5.41) is 0.835. The molecule has 0 bridgehead atoms. The summed E-state index contributed by atoms with van der Waals surface area (Å²) in [7, 11) is 1.61. The number of nitrogens with zero attached hydrogens (tertiary/aromatic N) is 1. The highest BCUT2D eigenvalue weighted by molar-refractivity contribution is 9.10. The van der Waals surface area contributed by atoms with Crippen LogP contribution in [0.5, 0.6) is 5.75 Å². The minimum atomic E-state index is -0.140. The molecule has 1 heterocycles. The summed E-state index contributed by atoms with van der Waals surface area (Å²) in [6.07, 6.45) is 3.74. The molecule has 0 saturated carbocycles. The van der Waals surface area contributed by atoms with Gasteiger partial charge in [-0.1, -0.05) is 59.6 Å². The first-order chi connectivity index (χ1) is 14.5. The number of methoxy groups -OCH3 is 1. The Kier molecular flexibility index (Phi) is 6.00. The van der Waals surface area contributed by atoms with Gasteiger partial charge in [0.25, 0.3) is 5.91 Å². The summed E-state index contributed by atoms with van der Waals surface area (Å²) in [5.41, 5.74) is 3.81. The predicted octanol–water partition coefficient (Wildman–Crippen LogP) is 7.24. The number of carbonyl (C=O) groups is 1. The standard InChI is InChI=1S/C24H16BrCl2NO2/c1-30-23-10-7-15(12-19(23)25)11-17-13-22(16-5-3-2-4-6-16)28(24(17)29)18-8-9-20(26)21(27)14-18/h2-14H,1H3/b17-11-. The third-order valence-electron chi connectivity index (χ3n) is 4.71. The molecule has 6 heteroatoms.